The molecule has 2 heterocycles. The van der Waals surface area contributed by atoms with E-state index in [0.29, 0.717) is 23.8 Å². The molecule has 0 aliphatic carbocycles. The number of unbranched alkanes of at least 4 members (excludes halogenated alkanes) is 3. The van der Waals surface area contributed by atoms with Crippen LogP contribution in [0.3, 0.4) is 0 Å². The number of likely N-dealkylation sites (tertiary alicyclic amines) is 1. The summed E-state index contributed by atoms with van der Waals surface area (Å²) in [5, 5.41) is 0.623. The summed E-state index contributed by atoms with van der Waals surface area (Å²) in [5.74, 6) is 0.291. The molecule has 3 rings (SSSR count). The molecule has 0 spiro atoms. The maximum absolute atomic E-state index is 12.5. The predicted octanol–water partition coefficient (Wildman–Crippen LogP) is 4.02. The van der Waals surface area contributed by atoms with E-state index >= 15 is 0 Å². The number of esters is 1. The molecule has 0 saturated carbocycles. The van der Waals surface area contributed by atoms with Crippen molar-refractivity contribution in [3.8, 4) is 0 Å². The van der Waals surface area contributed by atoms with Crippen LogP contribution in [-0.4, -0.2) is 49.8 Å². The summed E-state index contributed by atoms with van der Waals surface area (Å²) in [6.45, 7) is 6.66. The molecule has 2 bridgehead atoms. The van der Waals surface area contributed by atoms with Crippen molar-refractivity contribution in [2.75, 3.05) is 32.8 Å². The number of piperidine rings is 1. The fourth-order valence-corrected chi connectivity index (χ4v) is 4.04. The lowest BCUT2D eigenvalue weighted by molar-refractivity contribution is -0.128. The molecule has 138 valence electrons. The Balaban J connectivity index is 1.56. The zero-order valence-electron chi connectivity index (χ0n) is 15.0. The number of halogens is 1. The second kappa shape index (κ2) is 9.02. The molecule has 4 nitrogen and oxygen atoms in total. The van der Waals surface area contributed by atoms with Gasteiger partial charge in [0.25, 0.3) is 0 Å². The molecule has 2 aliphatic heterocycles. The number of rotatable bonds is 7. The van der Waals surface area contributed by atoms with Crippen LogP contribution >= 0.6 is 11.6 Å². The van der Waals surface area contributed by atoms with Crippen LogP contribution in [0.1, 0.15) is 43.0 Å². The van der Waals surface area contributed by atoms with E-state index < -0.39 is 0 Å². The van der Waals surface area contributed by atoms with E-state index in [9.17, 15) is 4.79 Å². The van der Waals surface area contributed by atoms with Gasteiger partial charge >= 0.3 is 5.97 Å². The molecule has 0 N–H and O–H groups in total. The third kappa shape index (κ3) is 4.96. The number of nitrogens with zero attached hydrogens (tertiary/aromatic N) is 1. The fraction of sp³-hybridized carbons (Fsp3) is 0.650. The molecule has 2 atom stereocenters. The molecule has 5 heteroatoms. The lowest BCUT2D eigenvalue weighted by Crippen LogP contribution is -2.56. The Labute approximate surface area is 155 Å². The second-order valence-corrected chi connectivity index (χ2v) is 7.69. The molecule has 0 amide bonds. The van der Waals surface area contributed by atoms with Crippen molar-refractivity contribution in [1.29, 1.82) is 0 Å². The number of hydrogen-bond acceptors (Lipinski definition) is 4. The van der Waals surface area contributed by atoms with E-state index in [0.717, 1.165) is 19.6 Å². The average Bonchev–Trinajstić information content (AvgIpc) is 2.59. The largest absolute Gasteiger partial charge is 0.458 e. The first-order valence-corrected chi connectivity index (χ1v) is 9.82. The van der Waals surface area contributed by atoms with Gasteiger partial charge in [-0.05, 0) is 37.2 Å². The van der Waals surface area contributed by atoms with Crippen molar-refractivity contribution in [3.63, 3.8) is 0 Å². The number of hydrogen-bond donors (Lipinski definition) is 0. The van der Waals surface area contributed by atoms with Gasteiger partial charge < -0.3 is 14.4 Å². The third-order valence-electron chi connectivity index (χ3n) is 5.23. The molecule has 2 unspecified atom stereocenters. The van der Waals surface area contributed by atoms with Crippen LogP contribution in [0.5, 0.6) is 0 Å². The predicted molar refractivity (Wildman–Crippen MR) is 99.0 cm³/mol. The van der Waals surface area contributed by atoms with Crippen molar-refractivity contribution in [2.45, 2.75) is 38.7 Å². The first-order valence-electron chi connectivity index (χ1n) is 9.44. The van der Waals surface area contributed by atoms with E-state index in [1.807, 2.05) is 0 Å². The number of fused-ring (bicyclic) bond motifs is 2. The Morgan fingerprint density at radius 3 is 2.48 bits per heavy atom. The lowest BCUT2D eigenvalue weighted by Gasteiger charge is -2.46. The van der Waals surface area contributed by atoms with E-state index in [2.05, 4.69) is 11.8 Å². The van der Waals surface area contributed by atoms with Crippen LogP contribution < -0.4 is 0 Å². The Morgan fingerprint density at radius 1 is 1.16 bits per heavy atom. The van der Waals surface area contributed by atoms with Gasteiger partial charge in [-0.2, -0.15) is 0 Å². The van der Waals surface area contributed by atoms with Gasteiger partial charge in [0, 0.05) is 29.9 Å². The van der Waals surface area contributed by atoms with Gasteiger partial charge in [-0.3, -0.25) is 0 Å². The molecular formula is C20H28ClNO3. The summed E-state index contributed by atoms with van der Waals surface area (Å²) in [4.78, 5) is 15.0. The first kappa shape index (κ1) is 18.7. The summed E-state index contributed by atoms with van der Waals surface area (Å²) in [6, 6.07) is 6.89. The van der Waals surface area contributed by atoms with Crippen molar-refractivity contribution in [3.05, 3.63) is 34.9 Å². The molecule has 1 aromatic rings. The van der Waals surface area contributed by atoms with Crippen LogP contribution in [0.25, 0.3) is 0 Å². The summed E-state index contributed by atoms with van der Waals surface area (Å²) < 4.78 is 11.6. The summed E-state index contributed by atoms with van der Waals surface area (Å²) in [7, 11) is 0. The minimum absolute atomic E-state index is 0.0381. The minimum Gasteiger partial charge on any atom is -0.458 e. The Morgan fingerprint density at radius 2 is 1.84 bits per heavy atom. The van der Waals surface area contributed by atoms with E-state index in [1.165, 1.54) is 25.7 Å². The van der Waals surface area contributed by atoms with Crippen LogP contribution in [0.2, 0.25) is 5.02 Å². The smallest absolute Gasteiger partial charge is 0.338 e. The number of carbonyl (C=O) groups is 1. The highest BCUT2D eigenvalue weighted by atomic mass is 35.5. The number of ether oxygens (including phenoxy) is 2. The zero-order valence-corrected chi connectivity index (χ0v) is 15.7. The minimum atomic E-state index is -0.255. The van der Waals surface area contributed by atoms with Crippen molar-refractivity contribution in [2.24, 2.45) is 11.8 Å². The van der Waals surface area contributed by atoms with Crippen LogP contribution in [0.15, 0.2) is 24.3 Å². The van der Waals surface area contributed by atoms with Crippen molar-refractivity contribution in [1.82, 2.24) is 4.90 Å². The zero-order chi connectivity index (χ0) is 17.6. The summed E-state index contributed by atoms with van der Waals surface area (Å²) in [5.41, 5.74) is 0.561. The monoisotopic (exact) mass is 365 g/mol. The standard InChI is InChI=1S/C20H28ClNO3/c1-2-3-4-5-10-22-11-16-13-24-14-17(12-22)19(16)25-20(23)15-6-8-18(21)9-7-15/h6-9,16-17,19H,2-5,10-14H2,1H3. The SMILES string of the molecule is CCCCCCN1CC2COCC(C1)C2OC(=O)c1ccc(Cl)cc1. The normalized spacial score (nSPS) is 26.4. The van der Waals surface area contributed by atoms with Gasteiger partial charge in [0.2, 0.25) is 0 Å². The fourth-order valence-electron chi connectivity index (χ4n) is 3.91. The van der Waals surface area contributed by atoms with Gasteiger partial charge in [-0.1, -0.05) is 37.8 Å². The van der Waals surface area contributed by atoms with Gasteiger partial charge in [0.1, 0.15) is 6.10 Å². The third-order valence-corrected chi connectivity index (χ3v) is 5.48. The molecular weight excluding hydrogens is 338 g/mol. The molecule has 0 radical (unpaired) electrons. The Hall–Kier alpha value is -1.10. The molecule has 0 aromatic heterocycles. The lowest BCUT2D eigenvalue weighted by atomic mass is 9.84. The molecule has 2 fully saturated rings. The topological polar surface area (TPSA) is 38.8 Å². The van der Waals surface area contributed by atoms with Gasteiger partial charge in [0.15, 0.2) is 0 Å². The van der Waals surface area contributed by atoms with Crippen LogP contribution in [0.4, 0.5) is 0 Å². The van der Waals surface area contributed by atoms with E-state index in [1.54, 1.807) is 24.3 Å². The Kier molecular flexibility index (Phi) is 6.74. The van der Waals surface area contributed by atoms with E-state index in [4.69, 9.17) is 21.1 Å². The quantitative estimate of drug-likeness (QED) is 0.540. The maximum Gasteiger partial charge on any atom is 0.338 e. The maximum atomic E-state index is 12.5. The Bertz CT molecular complexity index is 549. The van der Waals surface area contributed by atoms with Gasteiger partial charge in [0.05, 0.1) is 18.8 Å². The molecule has 2 saturated heterocycles. The van der Waals surface area contributed by atoms with E-state index in [-0.39, 0.29) is 23.9 Å². The number of benzene rings is 1. The van der Waals surface area contributed by atoms with Gasteiger partial charge in [-0.15, -0.1) is 0 Å². The molecule has 1 aromatic carbocycles. The molecule has 25 heavy (non-hydrogen) atoms. The van der Waals surface area contributed by atoms with Crippen molar-refractivity contribution < 1.29 is 14.3 Å². The second-order valence-electron chi connectivity index (χ2n) is 7.25. The summed E-state index contributed by atoms with van der Waals surface area (Å²) in [6.07, 6.45) is 5.09. The highest BCUT2D eigenvalue weighted by Crippen LogP contribution is 2.31. The summed E-state index contributed by atoms with van der Waals surface area (Å²) >= 11 is 5.89. The van der Waals surface area contributed by atoms with Gasteiger partial charge in [-0.25, -0.2) is 4.79 Å². The first-order chi connectivity index (χ1) is 12.2. The molecule has 2 aliphatic rings. The van der Waals surface area contributed by atoms with Crippen LogP contribution in [-0.2, 0) is 9.47 Å². The van der Waals surface area contributed by atoms with Crippen molar-refractivity contribution >= 4 is 17.6 Å². The average molecular weight is 366 g/mol. The highest BCUT2D eigenvalue weighted by molar-refractivity contribution is 6.30. The highest BCUT2D eigenvalue weighted by Gasteiger charge is 2.42. The van der Waals surface area contributed by atoms with Crippen LogP contribution in [0, 0.1) is 11.8 Å². The number of carbonyl (C=O) groups excluding carboxylic acids is 1.